The van der Waals surface area contributed by atoms with Gasteiger partial charge in [0.15, 0.2) is 0 Å². The van der Waals surface area contributed by atoms with E-state index in [1.807, 2.05) is 0 Å². The number of primary amides is 1. The molecule has 0 aliphatic carbocycles. The van der Waals surface area contributed by atoms with Crippen LogP contribution in [0.1, 0.15) is 13.3 Å². The van der Waals surface area contributed by atoms with Gasteiger partial charge in [-0.3, -0.25) is 4.79 Å². The third-order valence-corrected chi connectivity index (χ3v) is 4.45. The Labute approximate surface area is 116 Å². The molecule has 20 heavy (non-hydrogen) atoms. The maximum atomic E-state index is 12.3. The third-order valence-electron chi connectivity index (χ3n) is 2.82. The second kappa shape index (κ2) is 5.14. The topological polar surface area (TPSA) is 131 Å². The van der Waals surface area contributed by atoms with E-state index in [0.717, 1.165) is 0 Å². The van der Waals surface area contributed by atoms with Crippen molar-refractivity contribution in [1.82, 2.24) is 9.71 Å². The Balaban J connectivity index is 2.35. The molecule has 0 fully saturated rings. The predicted octanol–water partition coefficient (Wildman–Crippen LogP) is 0.292. The molecule has 2 aromatic rings. The maximum absolute atomic E-state index is 12.3. The molecule has 108 valence electrons. The van der Waals surface area contributed by atoms with Crippen LogP contribution in [0.5, 0.6) is 0 Å². The monoisotopic (exact) mass is 296 g/mol. The van der Waals surface area contributed by atoms with Crippen LogP contribution < -0.4 is 16.2 Å². The normalized spacial score (nSPS) is 13.4. The highest BCUT2D eigenvalue weighted by Crippen LogP contribution is 2.24. The standard InChI is InChI=1S/C12H16N4O3S/c1-7(4-12(14)17)16-20(18,19)11-6-15-10-5-8(13)2-3-9(10)11/h2-3,5-7,15-16H,4,13H2,1H3,(H2,14,17). The molecule has 1 unspecified atom stereocenters. The van der Waals surface area contributed by atoms with E-state index in [-0.39, 0.29) is 11.3 Å². The van der Waals surface area contributed by atoms with E-state index < -0.39 is 22.0 Å². The number of H-pyrrole nitrogens is 1. The number of fused-ring (bicyclic) bond motifs is 1. The molecule has 1 atom stereocenters. The fourth-order valence-electron chi connectivity index (χ4n) is 2.01. The molecule has 0 spiro atoms. The smallest absolute Gasteiger partial charge is 0.242 e. The Bertz CT molecular complexity index is 751. The number of hydrogen-bond donors (Lipinski definition) is 4. The number of rotatable bonds is 5. The summed E-state index contributed by atoms with van der Waals surface area (Å²) in [5, 5.41) is 0.540. The van der Waals surface area contributed by atoms with Gasteiger partial charge in [-0.05, 0) is 25.1 Å². The van der Waals surface area contributed by atoms with Crippen molar-refractivity contribution in [3.63, 3.8) is 0 Å². The molecule has 0 aliphatic rings. The molecule has 0 bridgehead atoms. The molecular weight excluding hydrogens is 280 g/mol. The Morgan fingerprint density at radius 2 is 2.15 bits per heavy atom. The first-order valence-electron chi connectivity index (χ1n) is 5.97. The first kappa shape index (κ1) is 14.4. The number of anilines is 1. The van der Waals surface area contributed by atoms with Crippen molar-refractivity contribution in [1.29, 1.82) is 0 Å². The minimum Gasteiger partial charge on any atom is -0.399 e. The van der Waals surface area contributed by atoms with Crippen molar-refractivity contribution in [2.24, 2.45) is 5.73 Å². The lowest BCUT2D eigenvalue weighted by Crippen LogP contribution is -2.35. The number of hydrogen-bond acceptors (Lipinski definition) is 4. The van der Waals surface area contributed by atoms with Crippen molar-refractivity contribution < 1.29 is 13.2 Å². The molecule has 1 aromatic carbocycles. The van der Waals surface area contributed by atoms with Gasteiger partial charge in [0.1, 0.15) is 4.90 Å². The summed E-state index contributed by atoms with van der Waals surface area (Å²) in [6, 6.07) is 4.34. The minimum atomic E-state index is -3.73. The summed E-state index contributed by atoms with van der Waals surface area (Å²) < 4.78 is 27.0. The van der Waals surface area contributed by atoms with E-state index in [1.165, 1.54) is 6.20 Å². The molecule has 2 rings (SSSR count). The van der Waals surface area contributed by atoms with Gasteiger partial charge < -0.3 is 16.5 Å². The highest BCUT2D eigenvalue weighted by Gasteiger charge is 2.21. The van der Waals surface area contributed by atoms with Crippen LogP contribution in [-0.2, 0) is 14.8 Å². The molecule has 7 nitrogen and oxygen atoms in total. The van der Waals surface area contributed by atoms with Gasteiger partial charge in [0, 0.05) is 35.2 Å². The van der Waals surface area contributed by atoms with Gasteiger partial charge in [-0.15, -0.1) is 0 Å². The molecule has 0 radical (unpaired) electrons. The zero-order valence-electron chi connectivity index (χ0n) is 10.9. The van der Waals surface area contributed by atoms with E-state index in [2.05, 4.69) is 9.71 Å². The van der Waals surface area contributed by atoms with Crippen molar-refractivity contribution in [2.45, 2.75) is 24.3 Å². The summed E-state index contributed by atoms with van der Waals surface area (Å²) in [6.45, 7) is 1.58. The molecular formula is C12H16N4O3S. The first-order chi connectivity index (χ1) is 9.29. The SMILES string of the molecule is CC(CC(N)=O)NS(=O)(=O)c1c[nH]c2cc(N)ccc12. The average Bonchev–Trinajstić information content (AvgIpc) is 2.70. The Morgan fingerprint density at radius 3 is 2.80 bits per heavy atom. The summed E-state index contributed by atoms with van der Waals surface area (Å²) in [7, 11) is -3.73. The second-order valence-corrected chi connectivity index (χ2v) is 6.33. The van der Waals surface area contributed by atoms with Crippen LogP contribution in [0, 0.1) is 0 Å². The van der Waals surface area contributed by atoms with Crippen LogP contribution in [0.4, 0.5) is 5.69 Å². The summed E-state index contributed by atoms with van der Waals surface area (Å²) in [5.74, 6) is -0.563. The van der Waals surface area contributed by atoms with Crippen LogP contribution >= 0.6 is 0 Å². The van der Waals surface area contributed by atoms with Gasteiger partial charge in [-0.2, -0.15) is 0 Å². The number of carbonyl (C=O) groups is 1. The van der Waals surface area contributed by atoms with E-state index in [1.54, 1.807) is 25.1 Å². The highest BCUT2D eigenvalue weighted by atomic mass is 32.2. The molecule has 1 amide bonds. The molecule has 1 heterocycles. The number of aromatic nitrogens is 1. The predicted molar refractivity (Wildman–Crippen MR) is 76.3 cm³/mol. The van der Waals surface area contributed by atoms with Gasteiger partial charge >= 0.3 is 0 Å². The number of nitrogens with two attached hydrogens (primary N) is 2. The molecule has 0 aliphatic heterocycles. The Hall–Kier alpha value is -2.06. The first-order valence-corrected chi connectivity index (χ1v) is 7.45. The number of carbonyl (C=O) groups excluding carboxylic acids is 1. The van der Waals surface area contributed by atoms with E-state index in [0.29, 0.717) is 16.6 Å². The molecule has 1 aromatic heterocycles. The summed E-state index contributed by atoms with van der Waals surface area (Å²) in [6.07, 6.45) is 1.33. The van der Waals surface area contributed by atoms with Gasteiger partial charge in [-0.1, -0.05) is 0 Å². The van der Waals surface area contributed by atoms with Gasteiger partial charge in [0.2, 0.25) is 15.9 Å². The summed E-state index contributed by atoms with van der Waals surface area (Å²) >= 11 is 0. The fourth-order valence-corrected chi connectivity index (χ4v) is 3.43. The Kier molecular flexibility index (Phi) is 3.69. The number of nitrogens with one attached hydrogen (secondary N) is 2. The van der Waals surface area contributed by atoms with Gasteiger partial charge in [-0.25, -0.2) is 13.1 Å². The Morgan fingerprint density at radius 1 is 1.45 bits per heavy atom. The largest absolute Gasteiger partial charge is 0.399 e. The van der Waals surface area contributed by atoms with Gasteiger partial charge in [0.25, 0.3) is 0 Å². The van der Waals surface area contributed by atoms with E-state index >= 15 is 0 Å². The number of benzene rings is 1. The molecule has 8 heteroatoms. The lowest BCUT2D eigenvalue weighted by molar-refractivity contribution is -0.118. The molecule has 0 saturated heterocycles. The van der Waals surface area contributed by atoms with Crippen molar-refractivity contribution >= 4 is 32.5 Å². The van der Waals surface area contributed by atoms with E-state index in [9.17, 15) is 13.2 Å². The van der Waals surface area contributed by atoms with Crippen LogP contribution in [0.2, 0.25) is 0 Å². The lowest BCUT2D eigenvalue weighted by atomic mass is 10.2. The van der Waals surface area contributed by atoms with Crippen molar-refractivity contribution in [2.75, 3.05) is 5.73 Å². The van der Waals surface area contributed by atoms with Crippen LogP contribution in [0.15, 0.2) is 29.3 Å². The minimum absolute atomic E-state index is 0.0610. The van der Waals surface area contributed by atoms with Crippen molar-refractivity contribution in [3.05, 3.63) is 24.4 Å². The number of nitrogen functional groups attached to an aromatic ring is 1. The quantitative estimate of drug-likeness (QED) is 0.590. The fraction of sp³-hybridized carbons (Fsp3) is 0.250. The highest BCUT2D eigenvalue weighted by molar-refractivity contribution is 7.89. The summed E-state index contributed by atoms with van der Waals surface area (Å²) in [4.78, 5) is 13.8. The van der Waals surface area contributed by atoms with Gasteiger partial charge in [0.05, 0.1) is 0 Å². The zero-order valence-corrected chi connectivity index (χ0v) is 11.7. The molecule has 0 saturated carbocycles. The van der Waals surface area contributed by atoms with E-state index in [4.69, 9.17) is 11.5 Å². The third kappa shape index (κ3) is 2.91. The van der Waals surface area contributed by atoms with Crippen LogP contribution in [0.3, 0.4) is 0 Å². The molecule has 6 N–H and O–H groups in total. The number of aromatic amines is 1. The number of amides is 1. The zero-order chi connectivity index (χ0) is 14.9. The second-order valence-electron chi connectivity index (χ2n) is 4.65. The average molecular weight is 296 g/mol. The lowest BCUT2D eigenvalue weighted by Gasteiger charge is -2.11. The van der Waals surface area contributed by atoms with Crippen molar-refractivity contribution in [3.8, 4) is 0 Å². The number of sulfonamides is 1. The maximum Gasteiger partial charge on any atom is 0.242 e. The van der Waals surface area contributed by atoms with Crippen LogP contribution in [-0.4, -0.2) is 25.4 Å². The summed E-state index contributed by atoms with van der Waals surface area (Å²) in [5.41, 5.74) is 11.9. The van der Waals surface area contributed by atoms with Crippen LogP contribution in [0.25, 0.3) is 10.9 Å².